The Labute approximate surface area is 219 Å². The van der Waals surface area contributed by atoms with E-state index in [1.807, 2.05) is 37.3 Å². The van der Waals surface area contributed by atoms with E-state index in [4.69, 9.17) is 36.3 Å². The Morgan fingerprint density at radius 3 is 2.49 bits per heavy atom. The zero-order valence-electron chi connectivity index (χ0n) is 20.2. The fourth-order valence-corrected chi connectivity index (χ4v) is 3.54. The van der Waals surface area contributed by atoms with Gasteiger partial charge in [-0.2, -0.15) is 15.2 Å². The van der Waals surface area contributed by atoms with E-state index in [0.717, 1.165) is 5.56 Å². The van der Waals surface area contributed by atoms with E-state index in [2.05, 4.69) is 21.4 Å². The van der Waals surface area contributed by atoms with Gasteiger partial charge < -0.3 is 30.0 Å². The van der Waals surface area contributed by atoms with Crippen molar-refractivity contribution in [3.8, 4) is 41.0 Å². The molecule has 3 aromatic carbocycles. The summed E-state index contributed by atoms with van der Waals surface area (Å²) in [4.78, 5) is 8.82. The number of nitrogens with one attached hydrogen (secondary N) is 1. The molecule has 0 aliphatic carbocycles. The van der Waals surface area contributed by atoms with Crippen molar-refractivity contribution in [3.63, 3.8) is 0 Å². The van der Waals surface area contributed by atoms with Crippen molar-refractivity contribution in [1.82, 2.24) is 9.97 Å². The number of halogens is 1. The first-order chi connectivity index (χ1) is 18.0. The summed E-state index contributed by atoms with van der Waals surface area (Å²) in [6.07, 6.45) is 0. The highest BCUT2D eigenvalue weighted by molar-refractivity contribution is 6.30. The van der Waals surface area contributed by atoms with Crippen molar-refractivity contribution in [3.05, 3.63) is 82.9 Å². The van der Waals surface area contributed by atoms with E-state index < -0.39 is 0 Å². The molecule has 4 rings (SSSR count). The van der Waals surface area contributed by atoms with E-state index in [-0.39, 0.29) is 23.3 Å². The lowest BCUT2D eigenvalue weighted by molar-refractivity contribution is 0.318. The van der Waals surface area contributed by atoms with Gasteiger partial charge in [0, 0.05) is 23.7 Å². The second-order valence-corrected chi connectivity index (χ2v) is 8.09. The highest BCUT2D eigenvalue weighted by Crippen LogP contribution is 2.38. The maximum absolute atomic E-state index is 9.35. The molecule has 0 unspecified atom stereocenters. The molecule has 10 heteroatoms. The van der Waals surface area contributed by atoms with Gasteiger partial charge in [-0.25, -0.2) is 0 Å². The van der Waals surface area contributed by atoms with Crippen LogP contribution in [0.1, 0.15) is 18.1 Å². The highest BCUT2D eigenvalue weighted by atomic mass is 35.5. The first kappa shape index (κ1) is 25.4. The van der Waals surface area contributed by atoms with Gasteiger partial charge in [0.15, 0.2) is 17.3 Å². The third-order valence-electron chi connectivity index (χ3n) is 5.06. The summed E-state index contributed by atoms with van der Waals surface area (Å²) in [5.74, 6) is 1.89. The second-order valence-electron chi connectivity index (χ2n) is 7.65. The van der Waals surface area contributed by atoms with Crippen LogP contribution in [0.15, 0.2) is 66.7 Å². The van der Waals surface area contributed by atoms with Gasteiger partial charge in [0.05, 0.1) is 25.3 Å². The molecular weight excluding hydrogens is 494 g/mol. The molecule has 0 bridgehead atoms. The van der Waals surface area contributed by atoms with Crippen LogP contribution in [-0.4, -0.2) is 23.7 Å². The molecule has 0 saturated heterocycles. The molecule has 1 aromatic heterocycles. The molecule has 188 valence electrons. The number of methoxy groups -OCH3 is 1. The topological polar surface area (TPSA) is 125 Å². The summed E-state index contributed by atoms with van der Waals surface area (Å²) in [5, 5.41) is 13.0. The molecule has 0 atom stereocenters. The molecule has 4 aromatic rings. The molecule has 3 N–H and O–H groups in total. The minimum Gasteiger partial charge on any atom is -0.497 e. The molecule has 0 saturated carbocycles. The summed E-state index contributed by atoms with van der Waals surface area (Å²) in [6.45, 7) is 2.69. The number of hydrogen-bond acceptors (Lipinski definition) is 9. The lowest BCUT2D eigenvalue weighted by Gasteiger charge is -2.16. The van der Waals surface area contributed by atoms with Gasteiger partial charge in [0.25, 0.3) is 5.88 Å². The van der Waals surface area contributed by atoms with Crippen molar-refractivity contribution < 1.29 is 18.9 Å². The first-order valence-electron chi connectivity index (χ1n) is 11.3. The maximum atomic E-state index is 9.35. The molecule has 0 fully saturated rings. The number of nitrogens with zero attached hydrogens (tertiary/aromatic N) is 3. The predicted octanol–water partition coefficient (Wildman–Crippen LogP) is 6.19. The molecule has 0 aliphatic heterocycles. The summed E-state index contributed by atoms with van der Waals surface area (Å²) in [5.41, 5.74) is 7.96. The van der Waals surface area contributed by atoms with Crippen LogP contribution >= 0.6 is 11.6 Å². The molecule has 0 radical (unpaired) electrons. The number of nitriles is 1. The Kier molecular flexibility index (Phi) is 8.13. The monoisotopic (exact) mass is 517 g/mol. The van der Waals surface area contributed by atoms with Gasteiger partial charge >= 0.3 is 6.01 Å². The van der Waals surface area contributed by atoms with E-state index in [1.165, 1.54) is 7.11 Å². The Morgan fingerprint density at radius 2 is 1.76 bits per heavy atom. The lowest BCUT2D eigenvalue weighted by atomic mass is 10.2. The number of ether oxygens (including phenoxy) is 4. The molecule has 37 heavy (non-hydrogen) atoms. The normalized spacial score (nSPS) is 10.3. The Hall–Kier alpha value is -4.68. The zero-order valence-corrected chi connectivity index (χ0v) is 21.0. The first-order valence-corrected chi connectivity index (χ1v) is 11.7. The van der Waals surface area contributed by atoms with Gasteiger partial charge in [-0.15, -0.1) is 0 Å². The van der Waals surface area contributed by atoms with Gasteiger partial charge in [-0.3, -0.25) is 0 Å². The molecule has 9 nitrogen and oxygen atoms in total. The quantitative estimate of drug-likeness (QED) is 0.253. The summed E-state index contributed by atoms with van der Waals surface area (Å²) >= 11 is 6.19. The molecular formula is C27H24ClN5O4. The number of nitrogens with two attached hydrogens (primary N) is 1. The van der Waals surface area contributed by atoms with Crippen LogP contribution in [0.3, 0.4) is 0 Å². The third-order valence-corrected chi connectivity index (χ3v) is 5.28. The average molecular weight is 518 g/mol. The number of benzene rings is 3. The van der Waals surface area contributed by atoms with Gasteiger partial charge in [0.2, 0.25) is 0 Å². The number of hydrogen-bond donors (Lipinski definition) is 2. The van der Waals surface area contributed by atoms with Crippen LogP contribution in [0.4, 0.5) is 11.5 Å². The molecule has 1 heterocycles. The SMILES string of the molecule is CCOc1ccc(C#N)cc1Oc1nc(Oc2cc(Cl)cc(OC)c2)nc(NCc2ccccc2)c1N. The molecule has 0 aliphatic rings. The minimum atomic E-state index is -0.0431. The summed E-state index contributed by atoms with van der Waals surface area (Å²) in [6, 6.07) is 21.5. The number of nitrogen functional groups attached to an aromatic ring is 1. The summed E-state index contributed by atoms with van der Waals surface area (Å²) in [7, 11) is 1.53. The zero-order chi connectivity index (χ0) is 26.2. The predicted molar refractivity (Wildman–Crippen MR) is 141 cm³/mol. The smallest absolute Gasteiger partial charge is 0.327 e. The fraction of sp³-hybridized carbons (Fsp3) is 0.148. The van der Waals surface area contributed by atoms with Crippen LogP contribution in [0.25, 0.3) is 0 Å². The standard InChI is InChI=1S/C27H24ClN5O4/c1-3-35-22-10-9-18(15-29)11-23(22)37-26-24(30)25(31-16-17-7-5-4-6-8-17)32-27(33-26)36-21-13-19(28)12-20(14-21)34-2/h4-14H,3,16,30H2,1-2H3,(H,31,32,33). The van der Waals surface area contributed by atoms with Crippen molar-refractivity contribution >= 4 is 23.1 Å². The van der Waals surface area contributed by atoms with E-state index in [9.17, 15) is 5.26 Å². The average Bonchev–Trinajstić information content (AvgIpc) is 2.90. The number of rotatable bonds is 10. The summed E-state index contributed by atoms with van der Waals surface area (Å²) < 4.78 is 22.9. The van der Waals surface area contributed by atoms with Gasteiger partial charge in [0.1, 0.15) is 17.2 Å². The number of anilines is 2. The van der Waals surface area contributed by atoms with Crippen molar-refractivity contribution in [2.24, 2.45) is 0 Å². The van der Waals surface area contributed by atoms with Crippen LogP contribution in [0.2, 0.25) is 5.02 Å². The Bertz CT molecular complexity index is 1430. The maximum Gasteiger partial charge on any atom is 0.327 e. The Balaban J connectivity index is 1.73. The van der Waals surface area contributed by atoms with Gasteiger partial charge in [-0.05, 0) is 36.8 Å². The van der Waals surface area contributed by atoms with Crippen LogP contribution in [0.5, 0.6) is 34.9 Å². The van der Waals surface area contributed by atoms with E-state index >= 15 is 0 Å². The van der Waals surface area contributed by atoms with E-state index in [1.54, 1.807) is 36.4 Å². The second kappa shape index (κ2) is 11.8. The molecule has 0 amide bonds. The minimum absolute atomic E-state index is 0.0191. The third kappa shape index (κ3) is 6.51. The highest BCUT2D eigenvalue weighted by Gasteiger charge is 2.18. The van der Waals surface area contributed by atoms with Crippen LogP contribution in [-0.2, 0) is 6.54 Å². The van der Waals surface area contributed by atoms with Crippen LogP contribution < -0.4 is 30.0 Å². The Morgan fingerprint density at radius 1 is 0.973 bits per heavy atom. The van der Waals surface area contributed by atoms with Gasteiger partial charge in [-0.1, -0.05) is 41.9 Å². The molecule has 0 spiro atoms. The van der Waals surface area contributed by atoms with Crippen LogP contribution in [0, 0.1) is 11.3 Å². The lowest BCUT2D eigenvalue weighted by Crippen LogP contribution is -2.09. The number of aromatic nitrogens is 2. The van der Waals surface area contributed by atoms with Crippen molar-refractivity contribution in [2.75, 3.05) is 24.8 Å². The van der Waals surface area contributed by atoms with E-state index in [0.29, 0.717) is 46.8 Å². The van der Waals surface area contributed by atoms with Crippen molar-refractivity contribution in [1.29, 1.82) is 5.26 Å². The fourth-order valence-electron chi connectivity index (χ4n) is 3.32. The largest absolute Gasteiger partial charge is 0.497 e. The van der Waals surface area contributed by atoms with Crippen molar-refractivity contribution in [2.45, 2.75) is 13.5 Å².